The van der Waals surface area contributed by atoms with Crippen LogP contribution in [-0.4, -0.2) is 9.97 Å². The van der Waals surface area contributed by atoms with Crippen molar-refractivity contribution in [2.75, 3.05) is 0 Å². The fourth-order valence-corrected chi connectivity index (χ4v) is 2.00. The fourth-order valence-electron chi connectivity index (χ4n) is 2.00. The molecule has 3 aromatic rings. The lowest BCUT2D eigenvalue weighted by atomic mass is 10.2. The highest BCUT2D eigenvalue weighted by Crippen LogP contribution is 2.23. The minimum Gasteiger partial charge on any atom is -0.459 e. The molecule has 1 aromatic carbocycles. The highest BCUT2D eigenvalue weighted by Gasteiger charge is 2.10. The van der Waals surface area contributed by atoms with Crippen LogP contribution in [0.1, 0.15) is 24.4 Å². The van der Waals surface area contributed by atoms with Gasteiger partial charge in [-0.05, 0) is 19.1 Å². The van der Waals surface area contributed by atoms with Crippen LogP contribution < -0.4 is 5.32 Å². The molecular formula is C15H15N3O. The molecular weight excluding hydrogens is 238 g/mol. The summed E-state index contributed by atoms with van der Waals surface area (Å²) in [7, 11) is 0. The number of benzene rings is 1. The maximum absolute atomic E-state index is 5.82. The molecule has 96 valence electrons. The van der Waals surface area contributed by atoms with Gasteiger partial charge in [-0.2, -0.15) is 0 Å². The Morgan fingerprint density at radius 1 is 1.26 bits per heavy atom. The van der Waals surface area contributed by atoms with Crippen molar-refractivity contribution >= 4 is 11.0 Å². The van der Waals surface area contributed by atoms with Crippen LogP contribution >= 0.6 is 0 Å². The van der Waals surface area contributed by atoms with Crippen LogP contribution in [0.2, 0.25) is 0 Å². The highest BCUT2D eigenvalue weighted by atomic mass is 16.3. The Labute approximate surface area is 111 Å². The molecule has 0 spiro atoms. The minimum atomic E-state index is 0.134. The summed E-state index contributed by atoms with van der Waals surface area (Å²) in [6.07, 6.45) is 5.13. The number of furan rings is 1. The normalized spacial score (nSPS) is 12.7. The van der Waals surface area contributed by atoms with Crippen LogP contribution in [-0.2, 0) is 6.54 Å². The molecule has 1 N–H and O–H groups in total. The molecule has 0 aliphatic carbocycles. The summed E-state index contributed by atoms with van der Waals surface area (Å²) in [5.41, 5.74) is 1.84. The fraction of sp³-hybridized carbons (Fsp3) is 0.200. The van der Waals surface area contributed by atoms with Gasteiger partial charge in [-0.25, -0.2) is 0 Å². The van der Waals surface area contributed by atoms with Gasteiger partial charge in [0.1, 0.15) is 11.3 Å². The van der Waals surface area contributed by atoms with E-state index in [0.717, 1.165) is 22.4 Å². The zero-order valence-electron chi connectivity index (χ0n) is 10.7. The molecule has 4 nitrogen and oxygen atoms in total. The molecule has 0 amide bonds. The monoisotopic (exact) mass is 253 g/mol. The van der Waals surface area contributed by atoms with E-state index in [0.29, 0.717) is 6.54 Å². The smallest absolute Gasteiger partial charge is 0.134 e. The van der Waals surface area contributed by atoms with Gasteiger partial charge in [0, 0.05) is 30.5 Å². The summed E-state index contributed by atoms with van der Waals surface area (Å²) >= 11 is 0. The van der Waals surface area contributed by atoms with Gasteiger partial charge in [-0.1, -0.05) is 18.2 Å². The van der Waals surface area contributed by atoms with E-state index in [-0.39, 0.29) is 6.04 Å². The van der Waals surface area contributed by atoms with Crippen molar-refractivity contribution in [2.24, 2.45) is 0 Å². The van der Waals surface area contributed by atoms with Crippen LogP contribution in [0.4, 0.5) is 0 Å². The third-order valence-electron chi connectivity index (χ3n) is 3.08. The SMILES string of the molecule is CC(NCc1cnccn1)c1cc2ccccc2o1. The number of nitrogens with zero attached hydrogens (tertiary/aromatic N) is 2. The van der Waals surface area contributed by atoms with Gasteiger partial charge < -0.3 is 9.73 Å². The number of para-hydroxylation sites is 1. The van der Waals surface area contributed by atoms with Crippen molar-refractivity contribution in [1.82, 2.24) is 15.3 Å². The maximum Gasteiger partial charge on any atom is 0.134 e. The van der Waals surface area contributed by atoms with E-state index in [1.165, 1.54) is 0 Å². The molecule has 0 bridgehead atoms. The second-order valence-corrected chi connectivity index (χ2v) is 4.49. The van der Waals surface area contributed by atoms with Crippen LogP contribution in [0, 0.1) is 0 Å². The zero-order valence-corrected chi connectivity index (χ0v) is 10.7. The molecule has 1 unspecified atom stereocenters. The molecule has 0 fully saturated rings. The number of hydrogen-bond acceptors (Lipinski definition) is 4. The molecule has 19 heavy (non-hydrogen) atoms. The largest absolute Gasteiger partial charge is 0.459 e. The molecule has 0 radical (unpaired) electrons. The number of rotatable bonds is 4. The maximum atomic E-state index is 5.82. The first-order valence-electron chi connectivity index (χ1n) is 6.29. The predicted molar refractivity (Wildman–Crippen MR) is 73.5 cm³/mol. The minimum absolute atomic E-state index is 0.134. The molecule has 1 atom stereocenters. The Balaban J connectivity index is 1.71. The second-order valence-electron chi connectivity index (χ2n) is 4.49. The van der Waals surface area contributed by atoms with Crippen LogP contribution in [0.25, 0.3) is 11.0 Å². The Hall–Kier alpha value is -2.20. The Morgan fingerprint density at radius 3 is 2.95 bits per heavy atom. The summed E-state index contributed by atoms with van der Waals surface area (Å²) in [5.74, 6) is 0.935. The van der Waals surface area contributed by atoms with Crippen molar-refractivity contribution < 1.29 is 4.42 Å². The van der Waals surface area contributed by atoms with Crippen molar-refractivity contribution in [3.05, 3.63) is 60.4 Å². The molecule has 2 aromatic heterocycles. The topological polar surface area (TPSA) is 51.0 Å². The lowest BCUT2D eigenvalue weighted by Crippen LogP contribution is -2.18. The third-order valence-corrected chi connectivity index (χ3v) is 3.08. The highest BCUT2D eigenvalue weighted by molar-refractivity contribution is 5.77. The van der Waals surface area contributed by atoms with Gasteiger partial charge >= 0.3 is 0 Å². The summed E-state index contributed by atoms with van der Waals surface area (Å²) in [5, 5.41) is 4.51. The number of hydrogen-bond donors (Lipinski definition) is 1. The van der Waals surface area contributed by atoms with E-state index >= 15 is 0 Å². The van der Waals surface area contributed by atoms with Crippen molar-refractivity contribution in [3.63, 3.8) is 0 Å². The molecule has 4 heteroatoms. The lowest BCUT2D eigenvalue weighted by molar-refractivity contribution is 0.448. The Kier molecular flexibility index (Phi) is 3.25. The lowest BCUT2D eigenvalue weighted by Gasteiger charge is -2.10. The average Bonchev–Trinajstić information content (AvgIpc) is 2.90. The average molecular weight is 253 g/mol. The van der Waals surface area contributed by atoms with Gasteiger partial charge in [-0.3, -0.25) is 9.97 Å². The summed E-state index contributed by atoms with van der Waals surface area (Å²) in [6, 6.07) is 10.2. The molecule has 0 aliphatic rings. The van der Waals surface area contributed by atoms with E-state index in [9.17, 15) is 0 Å². The van der Waals surface area contributed by atoms with Crippen LogP contribution in [0.15, 0.2) is 53.3 Å². The van der Waals surface area contributed by atoms with Gasteiger partial charge in [0.25, 0.3) is 0 Å². The van der Waals surface area contributed by atoms with Crippen LogP contribution in [0.5, 0.6) is 0 Å². The van der Waals surface area contributed by atoms with E-state index in [1.54, 1.807) is 18.6 Å². The van der Waals surface area contributed by atoms with E-state index in [4.69, 9.17) is 4.42 Å². The standard InChI is InChI=1S/C15H15N3O/c1-11(18-10-13-9-16-6-7-17-13)15-8-12-4-2-3-5-14(12)19-15/h2-9,11,18H,10H2,1H3. The Bertz CT molecular complexity index is 630. The van der Waals surface area contributed by atoms with Gasteiger partial charge in [0.15, 0.2) is 0 Å². The van der Waals surface area contributed by atoms with Gasteiger partial charge in [0.05, 0.1) is 11.7 Å². The molecule has 0 saturated carbocycles. The second kappa shape index (κ2) is 5.20. The first-order valence-corrected chi connectivity index (χ1v) is 6.29. The zero-order chi connectivity index (χ0) is 13.1. The quantitative estimate of drug-likeness (QED) is 0.776. The number of nitrogens with one attached hydrogen (secondary N) is 1. The van der Waals surface area contributed by atoms with Gasteiger partial charge in [0.2, 0.25) is 0 Å². The third kappa shape index (κ3) is 2.63. The summed E-state index contributed by atoms with van der Waals surface area (Å²) < 4.78 is 5.82. The van der Waals surface area contributed by atoms with E-state index < -0.39 is 0 Å². The van der Waals surface area contributed by atoms with Crippen molar-refractivity contribution in [3.8, 4) is 0 Å². The molecule has 2 heterocycles. The first kappa shape index (κ1) is 11.9. The molecule has 0 saturated heterocycles. The van der Waals surface area contributed by atoms with Gasteiger partial charge in [-0.15, -0.1) is 0 Å². The van der Waals surface area contributed by atoms with Crippen molar-refractivity contribution in [1.29, 1.82) is 0 Å². The first-order chi connectivity index (χ1) is 9.33. The van der Waals surface area contributed by atoms with Crippen LogP contribution in [0.3, 0.4) is 0 Å². The predicted octanol–water partition coefficient (Wildman–Crippen LogP) is 3.07. The van der Waals surface area contributed by atoms with Crippen molar-refractivity contribution in [2.45, 2.75) is 19.5 Å². The number of aromatic nitrogens is 2. The van der Waals surface area contributed by atoms with E-state index in [2.05, 4.69) is 34.3 Å². The summed E-state index contributed by atoms with van der Waals surface area (Å²) in [4.78, 5) is 8.28. The summed E-state index contributed by atoms with van der Waals surface area (Å²) in [6.45, 7) is 2.75. The molecule has 0 aliphatic heterocycles. The molecule has 3 rings (SSSR count). The number of fused-ring (bicyclic) bond motifs is 1. The Morgan fingerprint density at radius 2 is 2.16 bits per heavy atom. The van der Waals surface area contributed by atoms with E-state index in [1.807, 2.05) is 18.2 Å².